The van der Waals surface area contributed by atoms with Crippen LogP contribution in [0.1, 0.15) is 113 Å². The zero-order valence-electron chi connectivity index (χ0n) is 43.2. The van der Waals surface area contributed by atoms with E-state index in [1.807, 2.05) is 0 Å². The van der Waals surface area contributed by atoms with Crippen LogP contribution < -0.4 is 16.0 Å². The maximum absolute atomic E-state index is 13.1. The molecule has 9 atom stereocenters. The van der Waals surface area contributed by atoms with Crippen molar-refractivity contribution in [3.05, 3.63) is 24.6 Å². The molecule has 0 aromatic carbocycles. The van der Waals surface area contributed by atoms with E-state index in [9.17, 15) is 58.8 Å². The summed E-state index contributed by atoms with van der Waals surface area (Å²) in [7, 11) is 0. The Morgan fingerprint density at radius 2 is 1.05 bits per heavy atom. The van der Waals surface area contributed by atoms with Crippen LogP contribution in [0.5, 0.6) is 0 Å². The molecule has 0 saturated carbocycles. The maximum Gasteiger partial charge on any atom is 0.411 e. The highest BCUT2D eigenvalue weighted by atomic mass is 16.6. The molecule has 0 radical (unpaired) electrons. The van der Waals surface area contributed by atoms with E-state index < -0.39 is 100 Å². The van der Waals surface area contributed by atoms with Gasteiger partial charge in [-0.1, -0.05) is 0 Å². The zero-order chi connectivity index (χ0) is 54.7. The third-order valence-electron chi connectivity index (χ3n) is 13.5. The van der Waals surface area contributed by atoms with Gasteiger partial charge in [0.05, 0.1) is 44.5 Å². The smallest absolute Gasteiger partial charge is 0.411 e. The lowest BCUT2D eigenvalue weighted by Gasteiger charge is -2.53. The van der Waals surface area contributed by atoms with Crippen molar-refractivity contribution in [2.75, 3.05) is 39.3 Å². The predicted octanol–water partition coefficient (Wildman–Crippen LogP) is -1.12. The standard InChI is InChI=1S/C18H27N5O6.C15H24N2O6.C13H19N5O4/c1-11(24)13(14(25)19-8-12-21-20-10-28-12)22-9-18(15(22)26)6-5-7-23(18)16(27)29-17(2,3)4;1-9(18)10(11(19)20)16-8-15(12(16)21)6-5-7-17(15)13(22)23-14(2,3)4;1-8(19)10(11(20)14-5-9-17-16-7-22-9)18-6-13(12(18)21)3-2-4-15-13/h10-11,13,24H,5-9H2,1-4H3,(H,19,25);9-10,18H,5-8H2,1-4H3,(H,19,20);7-8,10,15,19H,2-6H2,1H3,(H,14,20)/t11-,13+,18?;9-,10+,15?;8-,10+,13?/m111/s1. The van der Waals surface area contributed by atoms with E-state index in [-0.39, 0.29) is 49.8 Å². The van der Waals surface area contributed by atoms with Crippen molar-refractivity contribution in [2.45, 2.75) is 178 Å². The van der Waals surface area contributed by atoms with E-state index in [1.165, 1.54) is 46.8 Å². The highest BCUT2D eigenvalue weighted by Gasteiger charge is 2.64. The Kier molecular flexibility index (Phi) is 17.0. The van der Waals surface area contributed by atoms with Gasteiger partial charge in [0.1, 0.15) is 39.9 Å². The van der Waals surface area contributed by atoms with E-state index in [0.717, 1.165) is 30.7 Å². The summed E-state index contributed by atoms with van der Waals surface area (Å²) in [6.07, 6.45) is 1.97. The van der Waals surface area contributed by atoms with Gasteiger partial charge in [0.25, 0.3) is 11.8 Å². The third kappa shape index (κ3) is 11.9. The molecule has 2 aromatic heterocycles. The first-order chi connectivity index (χ1) is 34.6. The van der Waals surface area contributed by atoms with Crippen LogP contribution in [-0.4, -0.2) is 217 Å². The second-order valence-electron chi connectivity index (χ2n) is 21.4. The second-order valence-corrected chi connectivity index (χ2v) is 21.4. The number of nitrogens with one attached hydrogen (secondary N) is 3. The third-order valence-corrected chi connectivity index (χ3v) is 13.5. The molecule has 0 bridgehead atoms. The Bertz CT molecular complexity index is 2360. The number of likely N-dealkylation sites (tertiary alicyclic amines) is 5. The first-order valence-electron chi connectivity index (χ1n) is 24.6. The van der Waals surface area contributed by atoms with Crippen LogP contribution >= 0.6 is 0 Å². The molecule has 3 unspecified atom stereocenters. The molecule has 28 heteroatoms. The Balaban J connectivity index is 0.000000183. The molecule has 6 fully saturated rings. The lowest BCUT2D eigenvalue weighted by Crippen LogP contribution is -2.77. The Morgan fingerprint density at radius 3 is 1.36 bits per heavy atom. The van der Waals surface area contributed by atoms with E-state index in [1.54, 1.807) is 41.5 Å². The molecule has 0 aliphatic carbocycles. The zero-order valence-corrected chi connectivity index (χ0v) is 43.2. The van der Waals surface area contributed by atoms with Gasteiger partial charge in [-0.15, -0.1) is 20.4 Å². The number of aliphatic hydroxyl groups is 3. The van der Waals surface area contributed by atoms with Gasteiger partial charge in [-0.25, -0.2) is 14.4 Å². The van der Waals surface area contributed by atoms with E-state index in [4.69, 9.17) is 18.3 Å². The van der Waals surface area contributed by atoms with Crippen LogP contribution in [0.4, 0.5) is 9.59 Å². The monoisotopic (exact) mass is 1050 g/mol. The fraction of sp³-hybridized carbons (Fsp3) is 0.739. The van der Waals surface area contributed by atoms with Crippen molar-refractivity contribution in [1.82, 2.24) is 60.8 Å². The molecule has 28 nitrogen and oxygen atoms in total. The van der Waals surface area contributed by atoms with Gasteiger partial charge in [0.2, 0.25) is 42.3 Å². The number of hydrogen-bond acceptors (Lipinski definition) is 20. The highest BCUT2D eigenvalue weighted by Crippen LogP contribution is 2.43. The second kappa shape index (κ2) is 22.1. The number of carboxylic acids is 1. The number of carbonyl (C=O) groups is 8. The number of nitrogens with zero attached hydrogens (tertiary/aromatic N) is 9. The number of aliphatic carboxylic acids is 1. The average molecular weight is 1050 g/mol. The normalized spacial score (nSPS) is 25.6. The number of carboxylic acid groups (broad SMARTS) is 1. The highest BCUT2D eigenvalue weighted by molar-refractivity contribution is 6.01. The average Bonchev–Trinajstić information content (AvgIpc) is 4.17. The minimum Gasteiger partial charge on any atom is -0.480 e. The summed E-state index contributed by atoms with van der Waals surface area (Å²) in [6, 6.07) is -3.30. The number of hydrogen-bond donors (Lipinski definition) is 7. The minimum absolute atomic E-state index is 0.0146. The number of rotatable bonds is 13. The van der Waals surface area contributed by atoms with E-state index in [0.29, 0.717) is 45.3 Å². The van der Waals surface area contributed by atoms with Crippen molar-refractivity contribution >= 4 is 47.7 Å². The molecule has 3 spiro atoms. The summed E-state index contributed by atoms with van der Waals surface area (Å²) in [4.78, 5) is 106. The summed E-state index contributed by atoms with van der Waals surface area (Å²) in [6.45, 7) is 17.2. The molecular weight excluding hydrogens is 977 g/mol. The van der Waals surface area contributed by atoms with Crippen LogP contribution in [0.15, 0.2) is 21.6 Å². The predicted molar refractivity (Wildman–Crippen MR) is 251 cm³/mol. The number of aliphatic hydroxyl groups excluding tert-OH is 3. The van der Waals surface area contributed by atoms with E-state index in [2.05, 4.69) is 36.3 Å². The number of ether oxygens (including phenoxy) is 2. The summed E-state index contributed by atoms with van der Waals surface area (Å²) in [5.41, 5.74) is -3.91. The number of aromatic nitrogens is 4. The Morgan fingerprint density at radius 1 is 0.649 bits per heavy atom. The SMILES string of the molecule is C[C@@H](O)[C@@H](C(=O)NCc1nnco1)N1CC2(CCCN2)C1=O.C[C@@H](O)[C@@H](C(=O)NCc1nnco1)N1CC2(CCCN2C(=O)OC(C)(C)C)C1=O.C[C@@H](O)[C@@H](C(=O)O)N1CC2(CCCN2C(=O)OC(C)(C)C)C1=O. The van der Waals surface area contributed by atoms with E-state index >= 15 is 0 Å². The fourth-order valence-electron chi connectivity index (χ4n) is 10.2. The fourth-order valence-corrected chi connectivity index (χ4v) is 10.2. The number of carbonyl (C=O) groups excluding carboxylic acids is 7. The van der Waals surface area contributed by atoms with Crippen LogP contribution in [-0.2, 0) is 51.3 Å². The molecule has 410 valence electrons. The largest absolute Gasteiger partial charge is 0.480 e. The Hall–Kier alpha value is -6.52. The molecule has 2 aromatic rings. The van der Waals surface area contributed by atoms with Crippen molar-refractivity contribution < 1.29 is 77.1 Å². The van der Waals surface area contributed by atoms with Gasteiger partial charge in [0.15, 0.2) is 6.04 Å². The molecule has 6 aliphatic heterocycles. The molecule has 8 heterocycles. The summed E-state index contributed by atoms with van der Waals surface area (Å²) in [5, 5.41) is 61.6. The molecule has 8 rings (SSSR count). The lowest BCUT2D eigenvalue weighted by atomic mass is 9.83. The van der Waals surface area contributed by atoms with Gasteiger partial charge in [-0.05, 0) is 107 Å². The van der Waals surface area contributed by atoms with Gasteiger partial charge in [0, 0.05) is 19.6 Å². The molecule has 6 saturated heterocycles. The number of β-lactam (4-membered cyclic amide) rings is 3. The van der Waals surface area contributed by atoms with Crippen molar-refractivity contribution in [2.24, 2.45) is 0 Å². The van der Waals surface area contributed by atoms with Crippen LogP contribution in [0.3, 0.4) is 0 Å². The van der Waals surface area contributed by atoms with Gasteiger partial charge >= 0.3 is 18.2 Å². The van der Waals surface area contributed by atoms with Crippen molar-refractivity contribution in [3.8, 4) is 0 Å². The summed E-state index contributed by atoms with van der Waals surface area (Å²) < 4.78 is 20.7. The summed E-state index contributed by atoms with van der Waals surface area (Å²) >= 11 is 0. The first-order valence-corrected chi connectivity index (χ1v) is 24.6. The Labute approximate surface area is 426 Å². The van der Waals surface area contributed by atoms with Crippen LogP contribution in [0, 0.1) is 0 Å². The molecule has 74 heavy (non-hydrogen) atoms. The minimum atomic E-state index is -1.30. The molecule has 7 N–H and O–H groups in total. The molecule has 6 aliphatic rings. The first kappa shape index (κ1) is 56.8. The quantitative estimate of drug-likeness (QED) is 0.117. The number of amides is 7. The van der Waals surface area contributed by atoms with Crippen molar-refractivity contribution in [1.29, 1.82) is 0 Å². The topological polar surface area (TPSA) is 366 Å². The van der Waals surface area contributed by atoms with Gasteiger partial charge < -0.3 is 69.4 Å². The van der Waals surface area contributed by atoms with Crippen LogP contribution in [0.2, 0.25) is 0 Å². The lowest BCUT2D eigenvalue weighted by molar-refractivity contribution is -0.176. The molecule has 7 amide bonds. The molecular formula is C46H70N12O16. The van der Waals surface area contributed by atoms with Gasteiger partial charge in [-0.2, -0.15) is 0 Å². The van der Waals surface area contributed by atoms with Gasteiger partial charge in [-0.3, -0.25) is 33.8 Å². The van der Waals surface area contributed by atoms with Crippen LogP contribution in [0.25, 0.3) is 0 Å². The maximum atomic E-state index is 13.1. The van der Waals surface area contributed by atoms with Crippen molar-refractivity contribution in [3.63, 3.8) is 0 Å². The summed E-state index contributed by atoms with van der Waals surface area (Å²) in [5.74, 6) is -2.68.